The number of hydrogen-bond acceptors (Lipinski definition) is 1. The molecule has 0 saturated carbocycles. The van der Waals surface area contributed by atoms with Gasteiger partial charge in [0.25, 0.3) is 0 Å². The fourth-order valence-corrected chi connectivity index (χ4v) is 7.87. The van der Waals surface area contributed by atoms with Gasteiger partial charge in [0.2, 0.25) is 0 Å². The Labute approximate surface area is 290 Å². The van der Waals surface area contributed by atoms with Gasteiger partial charge in [-0.15, -0.1) is 0 Å². The average Bonchev–Trinajstić information content (AvgIpc) is 3.53. The highest BCUT2D eigenvalue weighted by Crippen LogP contribution is 2.42. The van der Waals surface area contributed by atoms with E-state index in [-0.39, 0.29) is 0 Å². The Bertz CT molecular complexity index is 2740. The molecular formula is C48H32N2. The summed E-state index contributed by atoms with van der Waals surface area (Å²) < 4.78 is 2.37. The molecule has 234 valence electrons. The third-order valence-electron chi connectivity index (χ3n) is 10.1. The molecule has 0 bridgehead atoms. The highest BCUT2D eigenvalue weighted by molar-refractivity contribution is 6.26. The molecule has 0 aliphatic carbocycles. The van der Waals surface area contributed by atoms with Crippen molar-refractivity contribution in [2.45, 2.75) is 0 Å². The highest BCUT2D eigenvalue weighted by atomic mass is 15.1. The molecule has 2 nitrogen and oxygen atoms in total. The Hall–Kier alpha value is -6.64. The van der Waals surface area contributed by atoms with E-state index < -0.39 is 0 Å². The van der Waals surface area contributed by atoms with E-state index in [4.69, 9.17) is 0 Å². The van der Waals surface area contributed by atoms with E-state index in [1.807, 2.05) is 0 Å². The van der Waals surface area contributed by atoms with Gasteiger partial charge in [-0.25, -0.2) is 0 Å². The van der Waals surface area contributed by atoms with E-state index in [1.165, 1.54) is 70.9 Å². The summed E-state index contributed by atoms with van der Waals surface area (Å²) in [5, 5.41) is 10.1. The van der Waals surface area contributed by atoms with Crippen molar-refractivity contribution in [2.75, 3.05) is 4.90 Å². The van der Waals surface area contributed by atoms with Crippen LogP contribution in [0.2, 0.25) is 0 Å². The van der Waals surface area contributed by atoms with Crippen molar-refractivity contribution in [3.63, 3.8) is 0 Å². The molecule has 9 aromatic carbocycles. The predicted octanol–water partition coefficient (Wildman–Crippen LogP) is 13.4. The molecule has 10 aromatic rings. The van der Waals surface area contributed by atoms with Gasteiger partial charge in [-0.05, 0) is 110 Å². The Morgan fingerprint density at radius 2 is 0.720 bits per heavy atom. The number of aromatic nitrogens is 1. The molecule has 1 heterocycles. The van der Waals surface area contributed by atoms with Crippen LogP contribution in [0.3, 0.4) is 0 Å². The number of rotatable bonds is 5. The largest absolute Gasteiger partial charge is 0.310 e. The molecule has 0 amide bonds. The molecule has 50 heavy (non-hydrogen) atoms. The predicted molar refractivity (Wildman–Crippen MR) is 213 cm³/mol. The van der Waals surface area contributed by atoms with Crippen LogP contribution in [0, 0.1) is 0 Å². The van der Waals surface area contributed by atoms with E-state index in [9.17, 15) is 0 Å². The van der Waals surface area contributed by atoms with Gasteiger partial charge in [-0.3, -0.25) is 0 Å². The second-order valence-corrected chi connectivity index (χ2v) is 13.0. The standard InChI is InChI=1S/C48H32N2/c1-3-13-35(14-4-1)49(36-15-5-2-6-16-36)38-28-30-42-41-29-25-34(31-45(41)39-17-7-8-18-40(39)46(42)32-38)33-23-26-37(27-24-33)50-47-21-11-9-19-43(47)44-20-10-12-22-48(44)50/h1-32H. The van der Waals surface area contributed by atoms with Crippen LogP contribution in [0.1, 0.15) is 0 Å². The van der Waals surface area contributed by atoms with E-state index in [0.717, 1.165) is 17.1 Å². The fourth-order valence-electron chi connectivity index (χ4n) is 7.87. The third-order valence-corrected chi connectivity index (χ3v) is 10.1. The minimum absolute atomic E-state index is 1.14. The fraction of sp³-hybridized carbons (Fsp3) is 0. The summed E-state index contributed by atoms with van der Waals surface area (Å²) >= 11 is 0. The Morgan fingerprint density at radius 3 is 1.30 bits per heavy atom. The molecular weight excluding hydrogens is 605 g/mol. The summed E-state index contributed by atoms with van der Waals surface area (Å²) in [6, 6.07) is 70.4. The summed E-state index contributed by atoms with van der Waals surface area (Å²) in [4.78, 5) is 2.34. The SMILES string of the molecule is c1ccc(N(c2ccccc2)c2ccc3c4ccc(-c5ccc(-n6c7ccccc7c7ccccc76)cc5)cc4c4ccccc4c3c2)cc1. The van der Waals surface area contributed by atoms with Crippen LogP contribution in [0.25, 0.3) is 70.9 Å². The van der Waals surface area contributed by atoms with Gasteiger partial charge in [0, 0.05) is 33.5 Å². The molecule has 0 saturated heterocycles. The molecule has 10 rings (SSSR count). The molecule has 2 heteroatoms. The zero-order chi connectivity index (χ0) is 33.0. The van der Waals surface area contributed by atoms with Crippen LogP contribution in [-0.4, -0.2) is 4.57 Å². The van der Waals surface area contributed by atoms with Crippen LogP contribution in [-0.2, 0) is 0 Å². The first kappa shape index (κ1) is 28.4. The maximum absolute atomic E-state index is 2.38. The summed E-state index contributed by atoms with van der Waals surface area (Å²) in [6.07, 6.45) is 0. The van der Waals surface area contributed by atoms with Gasteiger partial charge in [-0.1, -0.05) is 127 Å². The van der Waals surface area contributed by atoms with Gasteiger partial charge in [0.1, 0.15) is 0 Å². The highest BCUT2D eigenvalue weighted by Gasteiger charge is 2.16. The first-order chi connectivity index (χ1) is 24.8. The lowest BCUT2D eigenvalue weighted by Gasteiger charge is -2.26. The van der Waals surface area contributed by atoms with Crippen LogP contribution in [0.15, 0.2) is 194 Å². The number of para-hydroxylation sites is 4. The minimum atomic E-state index is 1.14. The lowest BCUT2D eigenvalue weighted by molar-refractivity contribution is 1.18. The van der Waals surface area contributed by atoms with Crippen molar-refractivity contribution in [1.82, 2.24) is 4.57 Å². The van der Waals surface area contributed by atoms with Crippen molar-refractivity contribution >= 4 is 71.2 Å². The van der Waals surface area contributed by atoms with Crippen LogP contribution in [0.5, 0.6) is 0 Å². The third kappa shape index (κ3) is 4.50. The quantitative estimate of drug-likeness (QED) is 0.171. The molecule has 0 radical (unpaired) electrons. The maximum atomic E-state index is 2.38. The Kier molecular flexibility index (Phi) is 6.53. The van der Waals surface area contributed by atoms with Crippen molar-refractivity contribution in [2.24, 2.45) is 0 Å². The van der Waals surface area contributed by atoms with E-state index in [0.29, 0.717) is 0 Å². The van der Waals surface area contributed by atoms with E-state index in [2.05, 4.69) is 204 Å². The van der Waals surface area contributed by atoms with Gasteiger partial charge >= 0.3 is 0 Å². The van der Waals surface area contributed by atoms with Crippen LogP contribution >= 0.6 is 0 Å². The van der Waals surface area contributed by atoms with Crippen molar-refractivity contribution in [1.29, 1.82) is 0 Å². The summed E-state index contributed by atoms with van der Waals surface area (Å²) in [7, 11) is 0. The normalized spacial score (nSPS) is 11.6. The first-order valence-electron chi connectivity index (χ1n) is 17.2. The molecule has 0 fully saturated rings. The minimum Gasteiger partial charge on any atom is -0.310 e. The van der Waals surface area contributed by atoms with Gasteiger partial charge in [0.05, 0.1) is 11.0 Å². The first-order valence-corrected chi connectivity index (χ1v) is 17.2. The molecule has 0 N–H and O–H groups in total. The lowest BCUT2D eigenvalue weighted by atomic mass is 9.91. The smallest absolute Gasteiger partial charge is 0.0541 e. The number of anilines is 3. The molecule has 0 aliphatic rings. The van der Waals surface area contributed by atoms with Crippen molar-refractivity contribution in [3.8, 4) is 16.8 Å². The van der Waals surface area contributed by atoms with Gasteiger partial charge in [-0.2, -0.15) is 0 Å². The maximum Gasteiger partial charge on any atom is 0.0541 e. The molecule has 0 spiro atoms. The van der Waals surface area contributed by atoms with Crippen LogP contribution in [0.4, 0.5) is 17.1 Å². The van der Waals surface area contributed by atoms with Gasteiger partial charge in [0.15, 0.2) is 0 Å². The Morgan fingerprint density at radius 1 is 0.280 bits per heavy atom. The monoisotopic (exact) mass is 636 g/mol. The number of nitrogens with zero attached hydrogens (tertiary/aromatic N) is 2. The number of fused-ring (bicyclic) bond motifs is 9. The second-order valence-electron chi connectivity index (χ2n) is 13.0. The molecule has 0 aliphatic heterocycles. The number of hydrogen-bond donors (Lipinski definition) is 0. The topological polar surface area (TPSA) is 8.17 Å². The van der Waals surface area contributed by atoms with Gasteiger partial charge < -0.3 is 9.47 Å². The van der Waals surface area contributed by atoms with Crippen LogP contribution < -0.4 is 4.90 Å². The summed E-state index contributed by atoms with van der Waals surface area (Å²) in [6.45, 7) is 0. The van der Waals surface area contributed by atoms with Crippen molar-refractivity contribution < 1.29 is 0 Å². The number of benzene rings is 9. The Balaban J connectivity index is 1.10. The lowest BCUT2D eigenvalue weighted by Crippen LogP contribution is -2.09. The zero-order valence-corrected chi connectivity index (χ0v) is 27.4. The summed E-state index contributed by atoms with van der Waals surface area (Å²) in [5.41, 5.74) is 9.45. The molecule has 0 atom stereocenters. The molecule has 0 unspecified atom stereocenters. The van der Waals surface area contributed by atoms with E-state index >= 15 is 0 Å². The second kappa shape index (κ2) is 11.5. The summed E-state index contributed by atoms with van der Waals surface area (Å²) in [5.74, 6) is 0. The van der Waals surface area contributed by atoms with E-state index in [1.54, 1.807) is 0 Å². The molecule has 1 aromatic heterocycles. The van der Waals surface area contributed by atoms with Crippen molar-refractivity contribution in [3.05, 3.63) is 194 Å². The average molecular weight is 637 g/mol. The zero-order valence-electron chi connectivity index (χ0n) is 27.4.